The average molecular weight is 758 g/mol. The van der Waals surface area contributed by atoms with Crippen LogP contribution in [0.4, 0.5) is 5.69 Å². The second-order valence-electron chi connectivity index (χ2n) is 17.8. The Hall–Kier alpha value is -4.46. The van der Waals surface area contributed by atoms with Crippen molar-refractivity contribution in [2.24, 2.45) is 23.2 Å². The van der Waals surface area contributed by atoms with Crippen LogP contribution in [-0.2, 0) is 16.0 Å². The number of terminal acetylenes is 1. The van der Waals surface area contributed by atoms with Crippen LogP contribution in [-0.4, -0.2) is 107 Å². The summed E-state index contributed by atoms with van der Waals surface area (Å²) in [6, 6.07) is 15.4. The fourth-order valence-electron chi connectivity index (χ4n) is 11.6. The number of rotatable bonds is 5. The van der Waals surface area contributed by atoms with Gasteiger partial charge in [0.2, 0.25) is 5.91 Å². The maximum Gasteiger partial charge on any atom is 0.314 e. The van der Waals surface area contributed by atoms with Gasteiger partial charge < -0.3 is 29.4 Å². The molecule has 3 saturated heterocycles. The number of aliphatic hydroxyl groups is 1. The zero-order chi connectivity index (χ0) is 38.8. The number of aryl methyl sites for hydroxylation is 1. The Morgan fingerprint density at radius 3 is 2.48 bits per heavy atom. The molecule has 9 rings (SSSR count). The minimum absolute atomic E-state index is 0.00719. The first-order valence-electron chi connectivity index (χ1n) is 21.0. The van der Waals surface area contributed by atoms with Crippen molar-refractivity contribution in [3.8, 4) is 18.1 Å². The number of carbonyl (C=O) groups is 3. The minimum atomic E-state index is -1.05. The smallest absolute Gasteiger partial charge is 0.314 e. The molecule has 3 aromatic rings. The second kappa shape index (κ2) is 14.5. The highest BCUT2D eigenvalue weighted by atomic mass is 16.5. The van der Waals surface area contributed by atoms with E-state index < -0.39 is 11.6 Å². The number of anilines is 1. The Morgan fingerprint density at radius 2 is 1.70 bits per heavy atom. The van der Waals surface area contributed by atoms with E-state index in [2.05, 4.69) is 46.8 Å². The second-order valence-corrected chi connectivity index (χ2v) is 17.8. The number of amides is 2. The first-order chi connectivity index (χ1) is 27.1. The van der Waals surface area contributed by atoms with Gasteiger partial charge in [0.1, 0.15) is 17.3 Å². The number of piperazine rings is 1. The van der Waals surface area contributed by atoms with E-state index in [1.54, 1.807) is 11.0 Å². The van der Waals surface area contributed by atoms with E-state index in [1.165, 1.54) is 11.1 Å². The number of hydrogen-bond donors (Lipinski definition) is 1. The van der Waals surface area contributed by atoms with Crippen molar-refractivity contribution in [1.82, 2.24) is 19.7 Å². The number of pyridine rings is 1. The Morgan fingerprint density at radius 1 is 0.911 bits per heavy atom. The van der Waals surface area contributed by atoms with E-state index >= 15 is 0 Å². The molecule has 2 amide bonds. The summed E-state index contributed by atoms with van der Waals surface area (Å²) >= 11 is 0. The number of likely N-dealkylation sites (tertiary alicyclic amines) is 2. The average Bonchev–Trinajstić information content (AvgIpc) is 3.82. The van der Waals surface area contributed by atoms with Crippen LogP contribution in [0.15, 0.2) is 48.5 Å². The number of nitrogens with zero attached hydrogens (tertiary/aromatic N) is 5. The Bertz CT molecular complexity index is 2080. The summed E-state index contributed by atoms with van der Waals surface area (Å²) in [5.41, 5.74) is 3.34. The molecule has 294 valence electrons. The van der Waals surface area contributed by atoms with Crippen LogP contribution in [0, 0.1) is 35.5 Å². The highest BCUT2D eigenvalue weighted by Gasteiger charge is 2.61. The van der Waals surface area contributed by atoms with Crippen molar-refractivity contribution in [3.63, 3.8) is 0 Å². The van der Waals surface area contributed by atoms with Gasteiger partial charge in [-0.3, -0.25) is 14.4 Å². The van der Waals surface area contributed by atoms with Gasteiger partial charge in [-0.2, -0.15) is 0 Å². The molecule has 2 aromatic carbocycles. The van der Waals surface area contributed by atoms with Crippen LogP contribution >= 0.6 is 0 Å². The molecule has 1 aromatic heterocycles. The summed E-state index contributed by atoms with van der Waals surface area (Å²) in [4.78, 5) is 54.4. The predicted octanol–water partition coefficient (Wildman–Crippen LogP) is 5.66. The van der Waals surface area contributed by atoms with Crippen molar-refractivity contribution < 1.29 is 24.2 Å². The fourth-order valence-corrected chi connectivity index (χ4v) is 11.6. The highest BCUT2D eigenvalue weighted by molar-refractivity contribution is 5.98. The van der Waals surface area contributed by atoms with Crippen LogP contribution in [0.1, 0.15) is 92.2 Å². The lowest BCUT2D eigenvalue weighted by atomic mass is 9.53. The lowest BCUT2D eigenvalue weighted by Crippen LogP contribution is -2.54. The summed E-state index contributed by atoms with van der Waals surface area (Å²) < 4.78 is 6.38. The van der Waals surface area contributed by atoms with Crippen molar-refractivity contribution in [3.05, 3.63) is 65.4 Å². The number of aromatic nitrogens is 1. The van der Waals surface area contributed by atoms with Gasteiger partial charge in [-0.15, -0.1) is 6.42 Å². The van der Waals surface area contributed by atoms with Gasteiger partial charge in [-0.1, -0.05) is 37.1 Å². The number of para-hydroxylation sites is 1. The lowest BCUT2D eigenvalue weighted by molar-refractivity contribution is -0.140. The van der Waals surface area contributed by atoms with Crippen LogP contribution in [0.2, 0.25) is 0 Å². The minimum Gasteiger partial charge on any atom is -0.424 e. The monoisotopic (exact) mass is 757 g/mol. The molecule has 4 heterocycles. The van der Waals surface area contributed by atoms with E-state index in [1.807, 2.05) is 35.2 Å². The van der Waals surface area contributed by atoms with Gasteiger partial charge >= 0.3 is 5.97 Å². The van der Waals surface area contributed by atoms with Crippen molar-refractivity contribution in [2.75, 3.05) is 57.8 Å². The van der Waals surface area contributed by atoms with Gasteiger partial charge in [0, 0.05) is 43.5 Å². The number of piperidine rings is 1. The summed E-state index contributed by atoms with van der Waals surface area (Å²) in [7, 11) is 2.09. The molecule has 3 aliphatic heterocycles. The van der Waals surface area contributed by atoms with Crippen LogP contribution < -0.4 is 9.64 Å². The summed E-state index contributed by atoms with van der Waals surface area (Å²) in [6.45, 7) is 6.75. The Kier molecular flexibility index (Phi) is 9.61. The predicted molar refractivity (Wildman–Crippen MR) is 215 cm³/mol. The first-order valence-corrected chi connectivity index (χ1v) is 21.0. The third kappa shape index (κ3) is 6.26. The standard InChI is InChI=1S/C46H55N5O5/c1-4-46(55)20-16-36-34-13-11-32-28-41(56-44(54)31-17-22-48(3)23-18-31)40(29-35(32)33(34)15-19-45(36,46)2)49-24-26-50(27-25-49)43(53)39-10-7-21-51(39)42(52)38-14-12-30-8-5-6-9-37(30)47-38/h1,5-6,8-9,12,14,28-29,31,33-34,36,39,55H,7,10-11,13,15-27H2,2-3H3/t33-,34+,36-,39-,45-,46-/m0/s1. The Balaban J connectivity index is 0.946. The van der Waals surface area contributed by atoms with E-state index in [0.717, 1.165) is 81.0 Å². The normalized spacial score (nSPS) is 30.7. The molecule has 0 bridgehead atoms. The summed E-state index contributed by atoms with van der Waals surface area (Å²) in [6.07, 6.45) is 14.4. The van der Waals surface area contributed by atoms with Crippen molar-refractivity contribution in [1.29, 1.82) is 0 Å². The first kappa shape index (κ1) is 37.1. The maximum atomic E-state index is 14.1. The Labute approximate surface area is 330 Å². The van der Waals surface area contributed by atoms with Crippen LogP contribution in [0.5, 0.6) is 5.75 Å². The third-order valence-corrected chi connectivity index (χ3v) is 15.0. The molecule has 3 aliphatic carbocycles. The molecule has 6 aliphatic rings. The van der Waals surface area contributed by atoms with Crippen molar-refractivity contribution >= 4 is 34.4 Å². The van der Waals surface area contributed by atoms with E-state index in [4.69, 9.17) is 11.2 Å². The van der Waals surface area contributed by atoms with Gasteiger partial charge in [-0.25, -0.2) is 4.98 Å². The topological polar surface area (TPSA) is 107 Å². The number of carbonyl (C=O) groups excluding carboxylic acids is 3. The van der Waals surface area contributed by atoms with Crippen LogP contribution in [0.25, 0.3) is 10.9 Å². The number of benzene rings is 2. The lowest BCUT2D eigenvalue weighted by Gasteiger charge is -2.52. The van der Waals surface area contributed by atoms with Gasteiger partial charge in [-0.05, 0) is 137 Å². The summed E-state index contributed by atoms with van der Waals surface area (Å²) in [5, 5.41) is 12.5. The molecule has 6 atom stereocenters. The van der Waals surface area contributed by atoms with Gasteiger partial charge in [0.05, 0.1) is 17.1 Å². The SMILES string of the molecule is C#C[C@]1(O)CC[C@H]2[C@@H]3CCc4cc(OC(=O)C5CCN(C)CC5)c(N5CCN(C(=O)[C@@H]6CCCN6C(=O)c6ccc7ccccc7n6)CC5)cc4[C@H]3CC[C@@]21C. The quantitative estimate of drug-likeness (QED) is 0.202. The van der Waals surface area contributed by atoms with Gasteiger partial charge in [0.25, 0.3) is 5.91 Å². The molecule has 10 nitrogen and oxygen atoms in total. The largest absolute Gasteiger partial charge is 0.424 e. The molecule has 5 fully saturated rings. The molecule has 1 N–H and O–H groups in total. The molecule has 0 spiro atoms. The van der Waals surface area contributed by atoms with Crippen LogP contribution in [0.3, 0.4) is 0 Å². The van der Waals surface area contributed by atoms with E-state index in [9.17, 15) is 19.5 Å². The van der Waals surface area contributed by atoms with Crippen molar-refractivity contribution in [2.45, 2.75) is 88.7 Å². The molecule has 2 saturated carbocycles. The number of fused-ring (bicyclic) bond motifs is 6. The molecular formula is C46H55N5O5. The molecule has 10 heteroatoms. The van der Waals surface area contributed by atoms with E-state index in [0.29, 0.717) is 74.8 Å². The van der Waals surface area contributed by atoms with E-state index in [-0.39, 0.29) is 29.1 Å². The number of esters is 1. The number of hydrogen-bond acceptors (Lipinski definition) is 8. The van der Waals surface area contributed by atoms with Gasteiger partial charge in [0.15, 0.2) is 5.75 Å². The number of ether oxygens (including phenoxy) is 1. The highest BCUT2D eigenvalue weighted by Crippen LogP contribution is 2.64. The maximum absolute atomic E-state index is 14.1. The summed E-state index contributed by atoms with van der Waals surface area (Å²) in [5.74, 6) is 4.13. The molecule has 0 radical (unpaired) electrons. The zero-order valence-electron chi connectivity index (χ0n) is 32.9. The molecule has 0 unspecified atom stereocenters. The third-order valence-electron chi connectivity index (χ3n) is 15.0. The molecule has 56 heavy (non-hydrogen) atoms. The molecular weight excluding hydrogens is 703 g/mol. The fraction of sp³-hybridized carbons (Fsp3) is 0.565. The zero-order valence-corrected chi connectivity index (χ0v) is 32.9.